The highest BCUT2D eigenvalue weighted by atomic mass is 16.5. The van der Waals surface area contributed by atoms with Crippen LogP contribution in [0.3, 0.4) is 0 Å². The zero-order valence-corrected chi connectivity index (χ0v) is 9.80. The van der Waals surface area contributed by atoms with E-state index in [4.69, 9.17) is 0 Å². The summed E-state index contributed by atoms with van der Waals surface area (Å²) in [5, 5.41) is 0.418. The van der Waals surface area contributed by atoms with Gasteiger partial charge in [0.25, 0.3) is 5.56 Å². The fourth-order valence-corrected chi connectivity index (χ4v) is 1.71. The fraction of sp³-hybridized carbons (Fsp3) is 0.250. The molecular weight excluding hydrogens is 236 g/mol. The van der Waals surface area contributed by atoms with E-state index in [2.05, 4.69) is 9.72 Å². The van der Waals surface area contributed by atoms with E-state index >= 15 is 0 Å². The van der Waals surface area contributed by atoms with E-state index in [1.54, 1.807) is 24.3 Å². The molecule has 0 amide bonds. The van der Waals surface area contributed by atoms with E-state index in [1.165, 1.54) is 7.11 Å². The minimum Gasteiger partial charge on any atom is -0.469 e. The molecule has 6 heteroatoms. The molecule has 0 saturated carbocycles. The number of benzene rings is 1. The summed E-state index contributed by atoms with van der Waals surface area (Å²) in [6, 6.07) is 6.73. The zero-order chi connectivity index (χ0) is 13.1. The molecule has 0 unspecified atom stereocenters. The van der Waals surface area contributed by atoms with Gasteiger partial charge in [0.1, 0.15) is 0 Å². The number of para-hydroxylation sites is 1. The number of ether oxygens (including phenoxy) is 1. The number of carbonyl (C=O) groups is 1. The predicted molar refractivity (Wildman–Crippen MR) is 65.5 cm³/mol. The highest BCUT2D eigenvalue weighted by molar-refractivity contribution is 5.77. The first-order valence-electron chi connectivity index (χ1n) is 5.42. The van der Waals surface area contributed by atoms with Gasteiger partial charge in [-0.15, -0.1) is 0 Å². The maximum atomic E-state index is 12.0. The standard InChI is InChI=1S/C12H12N2O4/c1-18-10(15)6-7-14-11(16)8-4-2-3-5-9(8)13-12(14)17/h2-5H,6-7H2,1H3,(H,13,17). The summed E-state index contributed by atoms with van der Waals surface area (Å²) >= 11 is 0. The predicted octanol–water partition coefficient (Wildman–Crippen LogP) is 0.253. The van der Waals surface area contributed by atoms with Crippen molar-refractivity contribution in [2.24, 2.45) is 0 Å². The Morgan fingerprint density at radius 2 is 2.06 bits per heavy atom. The van der Waals surface area contributed by atoms with Crippen LogP contribution >= 0.6 is 0 Å². The molecule has 18 heavy (non-hydrogen) atoms. The lowest BCUT2D eigenvalue weighted by Crippen LogP contribution is -2.35. The molecule has 0 radical (unpaired) electrons. The molecule has 2 aromatic rings. The van der Waals surface area contributed by atoms with Gasteiger partial charge in [-0.2, -0.15) is 0 Å². The number of hydrogen-bond donors (Lipinski definition) is 1. The topological polar surface area (TPSA) is 81.2 Å². The molecule has 0 aliphatic carbocycles. The molecular formula is C12H12N2O4. The number of fused-ring (bicyclic) bond motifs is 1. The second-order valence-corrected chi connectivity index (χ2v) is 3.76. The van der Waals surface area contributed by atoms with Crippen molar-refractivity contribution in [3.63, 3.8) is 0 Å². The van der Waals surface area contributed by atoms with E-state index < -0.39 is 17.2 Å². The van der Waals surface area contributed by atoms with Gasteiger partial charge < -0.3 is 9.72 Å². The first-order valence-corrected chi connectivity index (χ1v) is 5.42. The number of esters is 1. The number of H-pyrrole nitrogens is 1. The summed E-state index contributed by atoms with van der Waals surface area (Å²) in [5.74, 6) is -0.463. The van der Waals surface area contributed by atoms with E-state index in [0.29, 0.717) is 10.9 Å². The number of nitrogens with one attached hydrogen (secondary N) is 1. The lowest BCUT2D eigenvalue weighted by atomic mass is 10.2. The number of aromatic amines is 1. The summed E-state index contributed by atoms with van der Waals surface area (Å²) in [6.45, 7) is 0.00563. The summed E-state index contributed by atoms with van der Waals surface area (Å²) in [5.41, 5.74) is -0.442. The SMILES string of the molecule is COC(=O)CCn1c(=O)[nH]c2ccccc2c1=O. The van der Waals surface area contributed by atoms with Crippen molar-refractivity contribution >= 4 is 16.9 Å². The van der Waals surface area contributed by atoms with Crippen LogP contribution in [0.4, 0.5) is 0 Å². The number of carbonyl (C=O) groups excluding carboxylic acids is 1. The van der Waals surface area contributed by atoms with Crippen LogP contribution in [0.1, 0.15) is 6.42 Å². The molecule has 1 aromatic carbocycles. The molecule has 0 saturated heterocycles. The molecule has 0 bridgehead atoms. The Morgan fingerprint density at radius 1 is 1.33 bits per heavy atom. The van der Waals surface area contributed by atoms with Crippen LogP contribution in [0.2, 0.25) is 0 Å². The monoisotopic (exact) mass is 248 g/mol. The third kappa shape index (κ3) is 2.17. The van der Waals surface area contributed by atoms with Crippen LogP contribution in [0, 0.1) is 0 Å². The molecule has 0 spiro atoms. The average molecular weight is 248 g/mol. The highest BCUT2D eigenvalue weighted by Gasteiger charge is 2.08. The first-order chi connectivity index (χ1) is 8.63. The summed E-state index contributed by atoms with van der Waals surface area (Å²) < 4.78 is 5.47. The van der Waals surface area contributed by atoms with E-state index in [9.17, 15) is 14.4 Å². The minimum atomic E-state index is -0.525. The molecule has 0 atom stereocenters. The Bertz CT molecular complexity index is 699. The van der Waals surface area contributed by atoms with Gasteiger partial charge in [-0.3, -0.25) is 14.2 Å². The molecule has 0 aliphatic rings. The first kappa shape index (κ1) is 12.1. The zero-order valence-electron chi connectivity index (χ0n) is 9.80. The van der Waals surface area contributed by atoms with E-state index in [0.717, 1.165) is 4.57 Å². The average Bonchev–Trinajstić information content (AvgIpc) is 2.38. The Balaban J connectivity index is 2.48. The van der Waals surface area contributed by atoms with E-state index in [-0.39, 0.29) is 13.0 Å². The Labute approximate surface area is 102 Å². The van der Waals surface area contributed by atoms with Gasteiger partial charge in [-0.25, -0.2) is 4.79 Å². The summed E-state index contributed by atoms with van der Waals surface area (Å²) in [6.07, 6.45) is -0.0160. The quantitative estimate of drug-likeness (QED) is 0.789. The Kier molecular flexibility index (Phi) is 3.27. The van der Waals surface area contributed by atoms with Gasteiger partial charge in [0.2, 0.25) is 0 Å². The maximum Gasteiger partial charge on any atom is 0.328 e. The number of nitrogens with zero attached hydrogens (tertiary/aromatic N) is 1. The van der Waals surface area contributed by atoms with Crippen molar-refractivity contribution in [2.75, 3.05) is 7.11 Å². The Hall–Kier alpha value is -2.37. The smallest absolute Gasteiger partial charge is 0.328 e. The minimum absolute atomic E-state index is 0.00563. The summed E-state index contributed by atoms with van der Waals surface area (Å²) in [4.78, 5) is 37.4. The number of methoxy groups -OCH3 is 1. The van der Waals surface area contributed by atoms with Crippen molar-refractivity contribution in [1.82, 2.24) is 9.55 Å². The third-order valence-corrected chi connectivity index (χ3v) is 2.66. The molecule has 0 aliphatic heterocycles. The molecule has 1 N–H and O–H groups in total. The molecule has 6 nitrogen and oxygen atoms in total. The fourth-order valence-electron chi connectivity index (χ4n) is 1.71. The van der Waals surface area contributed by atoms with Gasteiger partial charge in [-0.1, -0.05) is 12.1 Å². The van der Waals surface area contributed by atoms with Crippen molar-refractivity contribution in [3.05, 3.63) is 45.1 Å². The molecule has 0 fully saturated rings. The molecule has 2 rings (SSSR count). The Morgan fingerprint density at radius 3 is 2.78 bits per heavy atom. The molecule has 1 heterocycles. The maximum absolute atomic E-state index is 12.0. The number of hydrogen-bond acceptors (Lipinski definition) is 4. The highest BCUT2D eigenvalue weighted by Crippen LogP contribution is 2.03. The van der Waals surface area contributed by atoms with Crippen LogP contribution in [0.15, 0.2) is 33.9 Å². The lowest BCUT2D eigenvalue weighted by molar-refractivity contribution is -0.140. The van der Waals surface area contributed by atoms with Crippen LogP contribution in [-0.4, -0.2) is 22.6 Å². The van der Waals surface area contributed by atoms with Gasteiger partial charge in [0, 0.05) is 6.54 Å². The van der Waals surface area contributed by atoms with Crippen LogP contribution in [0.25, 0.3) is 10.9 Å². The van der Waals surface area contributed by atoms with Gasteiger partial charge in [0.15, 0.2) is 0 Å². The van der Waals surface area contributed by atoms with Gasteiger partial charge >= 0.3 is 11.7 Å². The van der Waals surface area contributed by atoms with Crippen molar-refractivity contribution < 1.29 is 9.53 Å². The van der Waals surface area contributed by atoms with Gasteiger partial charge in [-0.05, 0) is 12.1 Å². The van der Waals surface area contributed by atoms with Gasteiger partial charge in [0.05, 0.1) is 24.4 Å². The second-order valence-electron chi connectivity index (χ2n) is 3.76. The van der Waals surface area contributed by atoms with Crippen LogP contribution < -0.4 is 11.2 Å². The van der Waals surface area contributed by atoms with E-state index in [1.807, 2.05) is 0 Å². The third-order valence-electron chi connectivity index (χ3n) is 2.66. The van der Waals surface area contributed by atoms with Crippen molar-refractivity contribution in [1.29, 1.82) is 0 Å². The molecule has 1 aromatic heterocycles. The second kappa shape index (κ2) is 4.87. The largest absolute Gasteiger partial charge is 0.469 e. The normalized spacial score (nSPS) is 10.5. The lowest BCUT2D eigenvalue weighted by Gasteiger charge is -2.05. The molecule has 94 valence electrons. The van der Waals surface area contributed by atoms with Crippen LogP contribution in [0.5, 0.6) is 0 Å². The number of rotatable bonds is 3. The number of aromatic nitrogens is 2. The van der Waals surface area contributed by atoms with Crippen molar-refractivity contribution in [2.45, 2.75) is 13.0 Å². The van der Waals surface area contributed by atoms with Crippen LogP contribution in [-0.2, 0) is 16.1 Å². The van der Waals surface area contributed by atoms with Crippen molar-refractivity contribution in [3.8, 4) is 0 Å². The summed E-state index contributed by atoms with van der Waals surface area (Å²) in [7, 11) is 1.26.